The Labute approximate surface area is 117 Å². The van der Waals surface area contributed by atoms with Crippen LogP contribution in [0.3, 0.4) is 0 Å². The van der Waals surface area contributed by atoms with Crippen molar-refractivity contribution in [2.75, 3.05) is 13.7 Å². The maximum absolute atomic E-state index is 11.7. The summed E-state index contributed by atoms with van der Waals surface area (Å²) in [6.45, 7) is 6.68. The van der Waals surface area contributed by atoms with Gasteiger partial charge in [0.1, 0.15) is 6.04 Å². The second-order valence-electron chi connectivity index (χ2n) is 5.79. The summed E-state index contributed by atoms with van der Waals surface area (Å²) in [6, 6.07) is -0.116. The number of hydrogen-bond donors (Lipinski definition) is 1. The summed E-state index contributed by atoms with van der Waals surface area (Å²) < 4.78 is 10.8. The molecule has 0 aromatic rings. The van der Waals surface area contributed by atoms with Gasteiger partial charge in [0.15, 0.2) is 0 Å². The Hall–Kier alpha value is -0.610. The van der Waals surface area contributed by atoms with Crippen LogP contribution in [0.1, 0.15) is 52.9 Å². The summed E-state index contributed by atoms with van der Waals surface area (Å²) >= 11 is 0. The molecule has 112 valence electrons. The molecule has 0 radical (unpaired) electrons. The SMILES string of the molecule is CCC1CCCC(OCC(NC(C)C)C(=O)OC)C1. The molecule has 0 heterocycles. The molecule has 4 heteroatoms. The van der Waals surface area contributed by atoms with E-state index < -0.39 is 0 Å². The third-order valence-corrected chi connectivity index (χ3v) is 3.83. The lowest BCUT2D eigenvalue weighted by Gasteiger charge is -2.30. The fourth-order valence-corrected chi connectivity index (χ4v) is 2.72. The number of ether oxygens (including phenoxy) is 2. The summed E-state index contributed by atoms with van der Waals surface area (Å²) in [4.78, 5) is 11.7. The standard InChI is InChI=1S/C15H29NO3/c1-5-12-7-6-8-13(9-12)19-10-14(15(17)18-4)16-11(2)3/h11-14,16H,5-10H2,1-4H3. The normalized spacial score (nSPS) is 25.3. The van der Waals surface area contributed by atoms with E-state index in [9.17, 15) is 4.79 Å². The maximum Gasteiger partial charge on any atom is 0.325 e. The molecule has 0 aliphatic heterocycles. The van der Waals surface area contributed by atoms with Crippen LogP contribution < -0.4 is 5.32 Å². The zero-order valence-electron chi connectivity index (χ0n) is 12.8. The molecule has 3 unspecified atom stereocenters. The zero-order chi connectivity index (χ0) is 14.3. The molecule has 1 N–H and O–H groups in total. The molecule has 19 heavy (non-hydrogen) atoms. The lowest BCUT2D eigenvalue weighted by molar-refractivity contribution is -0.146. The zero-order valence-corrected chi connectivity index (χ0v) is 12.8. The van der Waals surface area contributed by atoms with Crippen LogP contribution >= 0.6 is 0 Å². The number of nitrogens with one attached hydrogen (secondary N) is 1. The summed E-state index contributed by atoms with van der Waals surface area (Å²) in [5.41, 5.74) is 0. The molecule has 0 amide bonds. The van der Waals surface area contributed by atoms with Gasteiger partial charge < -0.3 is 14.8 Å². The topological polar surface area (TPSA) is 47.6 Å². The number of hydrogen-bond acceptors (Lipinski definition) is 4. The summed E-state index contributed by atoms with van der Waals surface area (Å²) in [5, 5.41) is 3.20. The first-order valence-corrected chi connectivity index (χ1v) is 7.52. The third kappa shape index (κ3) is 5.91. The van der Waals surface area contributed by atoms with E-state index >= 15 is 0 Å². The fraction of sp³-hybridized carbons (Fsp3) is 0.933. The Balaban J connectivity index is 2.39. The van der Waals surface area contributed by atoms with Crippen molar-refractivity contribution < 1.29 is 14.3 Å². The van der Waals surface area contributed by atoms with Gasteiger partial charge in [-0.25, -0.2) is 0 Å². The molecule has 0 aromatic heterocycles. The van der Waals surface area contributed by atoms with Crippen LogP contribution in [0.2, 0.25) is 0 Å². The Morgan fingerprint density at radius 1 is 1.37 bits per heavy atom. The van der Waals surface area contributed by atoms with Crippen molar-refractivity contribution >= 4 is 5.97 Å². The Morgan fingerprint density at radius 2 is 2.11 bits per heavy atom. The van der Waals surface area contributed by atoms with Gasteiger partial charge in [-0.3, -0.25) is 4.79 Å². The Morgan fingerprint density at radius 3 is 2.68 bits per heavy atom. The molecule has 0 bridgehead atoms. The lowest BCUT2D eigenvalue weighted by Crippen LogP contribution is -2.45. The molecule has 4 nitrogen and oxygen atoms in total. The monoisotopic (exact) mass is 271 g/mol. The minimum atomic E-state index is -0.355. The van der Waals surface area contributed by atoms with E-state index in [0.29, 0.717) is 12.7 Å². The van der Waals surface area contributed by atoms with E-state index in [1.807, 2.05) is 13.8 Å². The summed E-state index contributed by atoms with van der Waals surface area (Å²) in [6.07, 6.45) is 6.34. The van der Waals surface area contributed by atoms with Crippen molar-refractivity contribution in [1.82, 2.24) is 5.32 Å². The number of methoxy groups -OCH3 is 1. The molecular formula is C15H29NO3. The molecular weight excluding hydrogens is 242 g/mol. The smallest absolute Gasteiger partial charge is 0.325 e. The van der Waals surface area contributed by atoms with Crippen LogP contribution in [-0.4, -0.2) is 37.9 Å². The molecule has 1 fully saturated rings. The largest absolute Gasteiger partial charge is 0.468 e. The number of carbonyl (C=O) groups excluding carboxylic acids is 1. The average molecular weight is 271 g/mol. The van der Waals surface area contributed by atoms with Gasteiger partial charge in [0.25, 0.3) is 0 Å². The van der Waals surface area contributed by atoms with Gasteiger partial charge in [-0.15, -0.1) is 0 Å². The highest BCUT2D eigenvalue weighted by Crippen LogP contribution is 2.28. The van der Waals surface area contributed by atoms with E-state index in [1.165, 1.54) is 26.4 Å². The van der Waals surface area contributed by atoms with Crippen LogP contribution in [0.5, 0.6) is 0 Å². The predicted octanol–water partition coefficient (Wildman–Crippen LogP) is 2.51. The van der Waals surface area contributed by atoms with Crippen LogP contribution in [0.15, 0.2) is 0 Å². The van der Waals surface area contributed by atoms with Crippen molar-refractivity contribution in [3.8, 4) is 0 Å². The molecule has 1 rings (SSSR count). The highest BCUT2D eigenvalue weighted by Gasteiger charge is 2.25. The van der Waals surface area contributed by atoms with Crippen LogP contribution in [-0.2, 0) is 14.3 Å². The van der Waals surface area contributed by atoms with Gasteiger partial charge in [-0.1, -0.05) is 40.0 Å². The van der Waals surface area contributed by atoms with Crippen molar-refractivity contribution in [3.63, 3.8) is 0 Å². The molecule has 0 saturated heterocycles. The average Bonchev–Trinajstić information content (AvgIpc) is 2.42. The van der Waals surface area contributed by atoms with Crippen molar-refractivity contribution in [2.45, 2.75) is 71.1 Å². The van der Waals surface area contributed by atoms with Gasteiger partial charge in [0.2, 0.25) is 0 Å². The number of esters is 1. The van der Waals surface area contributed by atoms with Crippen molar-refractivity contribution in [1.29, 1.82) is 0 Å². The first-order valence-electron chi connectivity index (χ1n) is 7.52. The molecule has 0 spiro atoms. The highest BCUT2D eigenvalue weighted by atomic mass is 16.5. The second kappa shape index (κ2) is 8.54. The molecule has 1 aliphatic rings. The van der Waals surface area contributed by atoms with E-state index in [2.05, 4.69) is 12.2 Å². The van der Waals surface area contributed by atoms with E-state index in [4.69, 9.17) is 9.47 Å². The van der Waals surface area contributed by atoms with Crippen molar-refractivity contribution in [3.05, 3.63) is 0 Å². The van der Waals surface area contributed by atoms with Crippen LogP contribution in [0.25, 0.3) is 0 Å². The number of rotatable bonds is 7. The maximum atomic E-state index is 11.7. The van der Waals surface area contributed by atoms with Crippen molar-refractivity contribution in [2.24, 2.45) is 5.92 Å². The van der Waals surface area contributed by atoms with E-state index in [0.717, 1.165) is 18.8 Å². The lowest BCUT2D eigenvalue weighted by atomic mass is 9.85. The van der Waals surface area contributed by atoms with Gasteiger partial charge in [-0.05, 0) is 18.8 Å². The molecule has 1 aliphatic carbocycles. The second-order valence-corrected chi connectivity index (χ2v) is 5.79. The van der Waals surface area contributed by atoms with Crippen LogP contribution in [0.4, 0.5) is 0 Å². The third-order valence-electron chi connectivity index (χ3n) is 3.83. The summed E-state index contributed by atoms with van der Waals surface area (Å²) in [7, 11) is 1.42. The van der Waals surface area contributed by atoms with E-state index in [1.54, 1.807) is 0 Å². The predicted molar refractivity (Wildman–Crippen MR) is 76.1 cm³/mol. The van der Waals surface area contributed by atoms with Crippen LogP contribution in [0, 0.1) is 5.92 Å². The Kier molecular flexibility index (Phi) is 7.39. The highest BCUT2D eigenvalue weighted by molar-refractivity contribution is 5.75. The van der Waals surface area contributed by atoms with Gasteiger partial charge in [-0.2, -0.15) is 0 Å². The molecule has 0 aromatic carbocycles. The minimum Gasteiger partial charge on any atom is -0.468 e. The first kappa shape index (κ1) is 16.4. The van der Waals surface area contributed by atoms with Gasteiger partial charge in [0.05, 0.1) is 19.8 Å². The Bertz CT molecular complexity index is 268. The fourth-order valence-electron chi connectivity index (χ4n) is 2.72. The van der Waals surface area contributed by atoms with Gasteiger partial charge >= 0.3 is 5.97 Å². The van der Waals surface area contributed by atoms with Gasteiger partial charge in [0, 0.05) is 6.04 Å². The van der Waals surface area contributed by atoms with E-state index in [-0.39, 0.29) is 18.1 Å². The quantitative estimate of drug-likeness (QED) is 0.723. The molecule has 1 saturated carbocycles. The molecule has 3 atom stereocenters. The minimum absolute atomic E-state index is 0.238. The first-order chi connectivity index (χ1) is 9.06. The summed E-state index contributed by atoms with van der Waals surface area (Å²) in [5.74, 6) is 0.546. The number of carbonyl (C=O) groups is 1.